The van der Waals surface area contributed by atoms with Gasteiger partial charge in [-0.3, -0.25) is 0 Å². The van der Waals surface area contributed by atoms with Gasteiger partial charge in [0, 0.05) is 24.0 Å². The average molecular weight is 799 g/mol. The maximum Gasteiger partial charge on any atom is 0.131 e. The van der Waals surface area contributed by atoms with Crippen LogP contribution in [0.15, 0.2) is 84.9 Å². The highest BCUT2D eigenvalue weighted by Gasteiger charge is 2.24. The molecule has 59 heavy (non-hydrogen) atoms. The van der Waals surface area contributed by atoms with Crippen LogP contribution >= 0.6 is 0 Å². The Morgan fingerprint density at radius 1 is 0.424 bits per heavy atom. The molecule has 0 bridgehead atoms. The standard InChI is InChI=1S/C56H78O3/c1-5-9-13-15-43-17-25-47(26-18-43)49-29-21-45(22-30-49)39-51-41-53(57-37-11-7-3)33-35-55(51)59-56-36-34-54(58-38-12-8-4)42-52(56)40-46-23-31-50(32-24-46)48-27-19-44(20-28-48)16-14-10-6-2/h21-24,29-36,41-44,47-48H,5-20,25-28,37-40H2,1-4H3/t43-,44-,47-,48-. The van der Waals surface area contributed by atoms with Crippen molar-refractivity contribution in [2.24, 2.45) is 11.8 Å². The van der Waals surface area contributed by atoms with E-state index in [1.54, 1.807) is 0 Å². The molecule has 3 nitrogen and oxygen atoms in total. The van der Waals surface area contributed by atoms with E-state index in [1.165, 1.54) is 125 Å². The van der Waals surface area contributed by atoms with E-state index in [0.717, 1.165) is 97.7 Å². The van der Waals surface area contributed by atoms with Gasteiger partial charge in [0.2, 0.25) is 0 Å². The summed E-state index contributed by atoms with van der Waals surface area (Å²) in [6.07, 6.45) is 27.9. The predicted octanol–water partition coefficient (Wildman–Crippen LogP) is 16.7. The van der Waals surface area contributed by atoms with Crippen LogP contribution in [0.4, 0.5) is 0 Å². The average Bonchev–Trinajstić information content (AvgIpc) is 3.27. The maximum absolute atomic E-state index is 6.96. The van der Waals surface area contributed by atoms with E-state index in [1.807, 2.05) is 0 Å². The molecular formula is C56H78O3. The van der Waals surface area contributed by atoms with E-state index in [0.29, 0.717) is 11.8 Å². The van der Waals surface area contributed by atoms with Crippen molar-refractivity contribution < 1.29 is 14.2 Å². The largest absolute Gasteiger partial charge is 0.494 e. The Kier molecular flexibility index (Phi) is 18.6. The number of unbranched alkanes of at least 4 members (excludes halogenated alkanes) is 6. The Morgan fingerprint density at radius 2 is 0.814 bits per heavy atom. The van der Waals surface area contributed by atoms with E-state index in [4.69, 9.17) is 14.2 Å². The van der Waals surface area contributed by atoms with Crippen LogP contribution in [0, 0.1) is 11.8 Å². The van der Waals surface area contributed by atoms with Gasteiger partial charge in [0.05, 0.1) is 13.2 Å². The first-order valence-corrected chi connectivity index (χ1v) is 24.4. The van der Waals surface area contributed by atoms with Gasteiger partial charge < -0.3 is 14.2 Å². The van der Waals surface area contributed by atoms with Crippen molar-refractivity contribution >= 4 is 0 Å². The molecule has 0 saturated heterocycles. The summed E-state index contributed by atoms with van der Waals surface area (Å²) in [5.74, 6) is 6.88. The monoisotopic (exact) mass is 799 g/mol. The number of rotatable bonds is 24. The molecule has 0 aromatic heterocycles. The first-order chi connectivity index (χ1) is 29.0. The Morgan fingerprint density at radius 3 is 1.19 bits per heavy atom. The van der Waals surface area contributed by atoms with Crippen molar-refractivity contribution in [1.29, 1.82) is 0 Å². The quantitative estimate of drug-likeness (QED) is 0.0661. The fourth-order valence-electron chi connectivity index (χ4n) is 9.74. The molecule has 0 atom stereocenters. The van der Waals surface area contributed by atoms with Gasteiger partial charge in [0.1, 0.15) is 23.0 Å². The zero-order chi connectivity index (χ0) is 41.1. The molecule has 0 N–H and O–H groups in total. The summed E-state index contributed by atoms with van der Waals surface area (Å²) in [7, 11) is 0. The van der Waals surface area contributed by atoms with Gasteiger partial charge in [0.25, 0.3) is 0 Å². The molecular weight excluding hydrogens is 721 g/mol. The molecule has 0 unspecified atom stereocenters. The van der Waals surface area contributed by atoms with Crippen molar-refractivity contribution in [2.45, 2.75) is 181 Å². The van der Waals surface area contributed by atoms with Crippen molar-refractivity contribution in [3.63, 3.8) is 0 Å². The molecule has 2 saturated carbocycles. The van der Waals surface area contributed by atoms with E-state index in [9.17, 15) is 0 Å². The minimum Gasteiger partial charge on any atom is -0.494 e. The molecule has 2 fully saturated rings. The zero-order valence-electron chi connectivity index (χ0n) is 37.6. The van der Waals surface area contributed by atoms with E-state index in [-0.39, 0.29) is 0 Å². The van der Waals surface area contributed by atoms with Crippen LogP contribution in [0.25, 0.3) is 0 Å². The third-order valence-corrected chi connectivity index (χ3v) is 13.6. The number of ether oxygens (including phenoxy) is 3. The van der Waals surface area contributed by atoms with Crippen LogP contribution in [0.2, 0.25) is 0 Å². The summed E-state index contributed by atoms with van der Waals surface area (Å²) in [6.45, 7) is 10.5. The third-order valence-electron chi connectivity index (χ3n) is 13.6. The third kappa shape index (κ3) is 14.2. The van der Waals surface area contributed by atoms with Crippen molar-refractivity contribution in [1.82, 2.24) is 0 Å². The summed E-state index contributed by atoms with van der Waals surface area (Å²) in [4.78, 5) is 0. The lowest BCUT2D eigenvalue weighted by Crippen LogP contribution is -2.13. The van der Waals surface area contributed by atoms with Gasteiger partial charge in [-0.2, -0.15) is 0 Å². The zero-order valence-corrected chi connectivity index (χ0v) is 37.6. The van der Waals surface area contributed by atoms with E-state index < -0.39 is 0 Å². The Balaban J connectivity index is 1.16. The minimum atomic E-state index is 0.698. The molecule has 2 aliphatic carbocycles. The van der Waals surface area contributed by atoms with E-state index >= 15 is 0 Å². The normalized spacial score (nSPS) is 19.4. The summed E-state index contributed by atoms with van der Waals surface area (Å²) in [5.41, 5.74) is 7.94. The second kappa shape index (κ2) is 24.5. The molecule has 0 heterocycles. The maximum atomic E-state index is 6.96. The summed E-state index contributed by atoms with van der Waals surface area (Å²) in [5, 5.41) is 0. The van der Waals surface area contributed by atoms with E-state index in [2.05, 4.69) is 113 Å². The topological polar surface area (TPSA) is 27.7 Å². The molecule has 0 spiro atoms. The van der Waals surface area contributed by atoms with Gasteiger partial charge in [-0.15, -0.1) is 0 Å². The van der Waals surface area contributed by atoms with Crippen LogP contribution in [-0.2, 0) is 12.8 Å². The van der Waals surface area contributed by atoms with Crippen molar-refractivity contribution in [3.8, 4) is 23.0 Å². The number of benzene rings is 4. The molecule has 4 aromatic carbocycles. The van der Waals surface area contributed by atoms with Crippen LogP contribution in [0.3, 0.4) is 0 Å². The molecule has 320 valence electrons. The predicted molar refractivity (Wildman–Crippen MR) is 250 cm³/mol. The summed E-state index contributed by atoms with van der Waals surface area (Å²) >= 11 is 0. The Bertz CT molecular complexity index is 1630. The molecule has 3 heteroatoms. The highest BCUT2D eigenvalue weighted by Crippen LogP contribution is 2.40. The molecule has 0 aliphatic heterocycles. The lowest BCUT2D eigenvalue weighted by molar-refractivity contribution is 0.303. The molecule has 6 rings (SSSR count). The Hall–Kier alpha value is -3.72. The number of hydrogen-bond donors (Lipinski definition) is 0. The van der Waals surface area contributed by atoms with Crippen LogP contribution in [0.5, 0.6) is 23.0 Å². The van der Waals surface area contributed by atoms with Gasteiger partial charge in [-0.1, -0.05) is 140 Å². The van der Waals surface area contributed by atoms with Crippen LogP contribution in [-0.4, -0.2) is 13.2 Å². The van der Waals surface area contributed by atoms with Crippen molar-refractivity contribution in [2.75, 3.05) is 13.2 Å². The Labute approximate surface area is 360 Å². The number of hydrogen-bond acceptors (Lipinski definition) is 3. The minimum absolute atomic E-state index is 0.698. The second-order valence-electron chi connectivity index (χ2n) is 18.3. The van der Waals surface area contributed by atoms with Gasteiger partial charge in [-0.05, 0) is 147 Å². The lowest BCUT2D eigenvalue weighted by atomic mass is 9.77. The van der Waals surface area contributed by atoms with Crippen LogP contribution in [0.1, 0.15) is 201 Å². The summed E-state index contributed by atoms with van der Waals surface area (Å²) < 4.78 is 19.4. The first kappa shape index (κ1) is 44.8. The summed E-state index contributed by atoms with van der Waals surface area (Å²) in [6, 6.07) is 31.8. The SMILES string of the molecule is CCCCC[C@H]1CC[C@H](c2ccc(Cc3cc(OCCCC)ccc3Oc3ccc(OCCCC)cc3Cc3ccc([C@H]4CC[C@H](CCCCC)CC4)cc3)cc2)CC1. The molecule has 4 aromatic rings. The van der Waals surface area contributed by atoms with Crippen molar-refractivity contribution in [3.05, 3.63) is 118 Å². The van der Waals surface area contributed by atoms with Crippen LogP contribution < -0.4 is 14.2 Å². The fourth-order valence-corrected chi connectivity index (χ4v) is 9.74. The molecule has 2 aliphatic rings. The molecule has 0 amide bonds. The highest BCUT2D eigenvalue weighted by molar-refractivity contribution is 5.49. The smallest absolute Gasteiger partial charge is 0.131 e. The molecule has 0 radical (unpaired) electrons. The highest BCUT2D eigenvalue weighted by atomic mass is 16.5. The first-order valence-electron chi connectivity index (χ1n) is 24.4. The second-order valence-corrected chi connectivity index (χ2v) is 18.3. The van der Waals surface area contributed by atoms with Gasteiger partial charge in [0.15, 0.2) is 0 Å². The van der Waals surface area contributed by atoms with Gasteiger partial charge >= 0.3 is 0 Å². The van der Waals surface area contributed by atoms with Gasteiger partial charge in [-0.25, -0.2) is 0 Å². The lowest BCUT2D eigenvalue weighted by Gasteiger charge is -2.29. The fraction of sp³-hybridized carbons (Fsp3) is 0.571.